The Labute approximate surface area is 113 Å². The average molecular weight is 257 g/mol. The van der Waals surface area contributed by atoms with Gasteiger partial charge in [-0.05, 0) is 24.7 Å². The first-order valence-electron chi connectivity index (χ1n) is 7.91. The summed E-state index contributed by atoms with van der Waals surface area (Å²) in [6.45, 7) is 12.0. The molecule has 1 heterocycles. The van der Waals surface area contributed by atoms with Gasteiger partial charge in [0.2, 0.25) is 0 Å². The van der Waals surface area contributed by atoms with Gasteiger partial charge < -0.3 is 0 Å². The van der Waals surface area contributed by atoms with E-state index in [9.17, 15) is 4.39 Å². The summed E-state index contributed by atoms with van der Waals surface area (Å²) in [4.78, 5) is 2.50. The molecule has 1 nitrogen and oxygen atoms in total. The molecule has 0 amide bonds. The van der Waals surface area contributed by atoms with Crippen molar-refractivity contribution in [3.8, 4) is 0 Å². The molecule has 0 N–H and O–H groups in total. The van der Waals surface area contributed by atoms with E-state index in [4.69, 9.17) is 0 Å². The van der Waals surface area contributed by atoms with Crippen molar-refractivity contribution in [3.05, 3.63) is 0 Å². The Morgan fingerprint density at radius 2 is 1.89 bits per heavy atom. The van der Waals surface area contributed by atoms with Gasteiger partial charge in [-0.1, -0.05) is 53.9 Å². The molecule has 0 aliphatic carbocycles. The van der Waals surface area contributed by atoms with Gasteiger partial charge in [-0.2, -0.15) is 0 Å². The van der Waals surface area contributed by atoms with Crippen molar-refractivity contribution in [2.45, 2.75) is 85.0 Å². The maximum absolute atomic E-state index is 13.8. The van der Waals surface area contributed by atoms with Crippen LogP contribution in [0.3, 0.4) is 0 Å². The molecule has 4 unspecified atom stereocenters. The van der Waals surface area contributed by atoms with Crippen LogP contribution in [0, 0.1) is 11.8 Å². The van der Waals surface area contributed by atoms with Crippen LogP contribution >= 0.6 is 0 Å². The van der Waals surface area contributed by atoms with Gasteiger partial charge in [-0.15, -0.1) is 0 Å². The van der Waals surface area contributed by atoms with Crippen LogP contribution in [0.15, 0.2) is 0 Å². The third-order valence-corrected chi connectivity index (χ3v) is 4.68. The van der Waals surface area contributed by atoms with Gasteiger partial charge in [0.1, 0.15) is 6.17 Å². The molecule has 1 rings (SSSR count). The molecule has 1 fully saturated rings. The van der Waals surface area contributed by atoms with E-state index >= 15 is 0 Å². The molecule has 0 spiro atoms. The number of halogens is 1. The summed E-state index contributed by atoms with van der Waals surface area (Å²) in [7, 11) is 0. The van der Waals surface area contributed by atoms with Crippen LogP contribution in [0.4, 0.5) is 4.39 Å². The Balaban J connectivity index is 2.75. The minimum Gasteiger partial charge on any atom is -0.294 e. The number of alkyl halides is 1. The second-order valence-electron chi connectivity index (χ2n) is 6.44. The summed E-state index contributed by atoms with van der Waals surface area (Å²) in [6.07, 6.45) is 5.09. The zero-order valence-electron chi connectivity index (χ0n) is 13.0. The lowest BCUT2D eigenvalue weighted by molar-refractivity contribution is 0.0949. The van der Waals surface area contributed by atoms with Crippen LogP contribution < -0.4 is 0 Å². The predicted molar refractivity (Wildman–Crippen MR) is 77.6 cm³/mol. The zero-order chi connectivity index (χ0) is 13.7. The molecule has 2 heteroatoms. The molecule has 0 aromatic heterocycles. The van der Waals surface area contributed by atoms with E-state index in [1.807, 2.05) is 0 Å². The minimum atomic E-state index is -0.606. The van der Waals surface area contributed by atoms with Crippen LogP contribution in [0.2, 0.25) is 0 Å². The van der Waals surface area contributed by atoms with E-state index < -0.39 is 6.17 Å². The van der Waals surface area contributed by atoms with Crippen molar-refractivity contribution in [2.75, 3.05) is 6.54 Å². The Bertz CT molecular complexity index is 229. The van der Waals surface area contributed by atoms with Crippen LogP contribution in [-0.4, -0.2) is 29.7 Å². The highest BCUT2D eigenvalue weighted by Gasteiger charge is 2.38. The summed E-state index contributed by atoms with van der Waals surface area (Å²) in [6, 6.07) is 1.04. The molecule has 0 aromatic carbocycles. The maximum Gasteiger partial charge on any atom is 0.114 e. The van der Waals surface area contributed by atoms with E-state index in [2.05, 4.69) is 39.5 Å². The second-order valence-corrected chi connectivity index (χ2v) is 6.44. The number of hydrogen-bond acceptors (Lipinski definition) is 1. The van der Waals surface area contributed by atoms with Gasteiger partial charge in [-0.25, -0.2) is 4.39 Å². The summed E-state index contributed by atoms with van der Waals surface area (Å²) in [5.41, 5.74) is 0. The molecule has 1 aliphatic heterocycles. The predicted octanol–water partition coefficient (Wildman–Crippen LogP) is 4.66. The van der Waals surface area contributed by atoms with Crippen molar-refractivity contribution in [3.63, 3.8) is 0 Å². The Morgan fingerprint density at radius 3 is 2.39 bits per heavy atom. The highest BCUT2D eigenvalue weighted by molar-refractivity contribution is 4.92. The quantitative estimate of drug-likeness (QED) is 0.641. The molecule has 4 atom stereocenters. The van der Waals surface area contributed by atoms with E-state index in [-0.39, 0.29) is 0 Å². The van der Waals surface area contributed by atoms with Crippen LogP contribution in [0.5, 0.6) is 0 Å². The zero-order valence-corrected chi connectivity index (χ0v) is 13.0. The largest absolute Gasteiger partial charge is 0.294 e. The average Bonchev–Trinajstić information content (AvgIpc) is 2.71. The lowest BCUT2D eigenvalue weighted by atomic mass is 9.90. The molecule has 0 radical (unpaired) electrons. The first-order chi connectivity index (χ1) is 8.51. The molecular formula is C16H32FN. The van der Waals surface area contributed by atoms with Crippen molar-refractivity contribution in [1.82, 2.24) is 4.90 Å². The monoisotopic (exact) mass is 257 g/mol. The van der Waals surface area contributed by atoms with Crippen LogP contribution in [-0.2, 0) is 0 Å². The van der Waals surface area contributed by atoms with E-state index in [0.717, 1.165) is 6.42 Å². The fraction of sp³-hybridized carbons (Fsp3) is 1.00. The lowest BCUT2D eigenvalue weighted by Gasteiger charge is -2.38. The molecule has 1 aliphatic rings. The number of likely N-dealkylation sites (tertiary alicyclic amines) is 1. The highest BCUT2D eigenvalue weighted by Crippen LogP contribution is 2.33. The van der Waals surface area contributed by atoms with Gasteiger partial charge in [0.25, 0.3) is 0 Å². The molecule has 108 valence electrons. The van der Waals surface area contributed by atoms with Crippen molar-refractivity contribution in [2.24, 2.45) is 11.8 Å². The topological polar surface area (TPSA) is 3.24 Å². The number of hydrogen-bond donors (Lipinski definition) is 0. The molecule has 0 saturated carbocycles. The highest BCUT2D eigenvalue weighted by atomic mass is 19.1. The van der Waals surface area contributed by atoms with Gasteiger partial charge >= 0.3 is 0 Å². The fourth-order valence-electron chi connectivity index (χ4n) is 3.34. The second kappa shape index (κ2) is 7.47. The smallest absolute Gasteiger partial charge is 0.114 e. The molecule has 0 aromatic rings. The molecule has 1 saturated heterocycles. The van der Waals surface area contributed by atoms with Crippen LogP contribution in [0.25, 0.3) is 0 Å². The summed E-state index contributed by atoms with van der Waals surface area (Å²) >= 11 is 0. The van der Waals surface area contributed by atoms with Gasteiger partial charge in [0.05, 0.1) is 0 Å². The van der Waals surface area contributed by atoms with E-state index in [1.165, 1.54) is 25.7 Å². The third kappa shape index (κ3) is 3.94. The van der Waals surface area contributed by atoms with Crippen LogP contribution in [0.1, 0.15) is 66.7 Å². The Kier molecular flexibility index (Phi) is 6.62. The molecule has 18 heavy (non-hydrogen) atoms. The minimum absolute atomic E-state index is 0.454. The summed E-state index contributed by atoms with van der Waals surface area (Å²) in [5.74, 6) is 1.25. The number of rotatable bonds is 7. The summed E-state index contributed by atoms with van der Waals surface area (Å²) in [5, 5.41) is 0. The van der Waals surface area contributed by atoms with Crippen molar-refractivity contribution in [1.29, 1.82) is 0 Å². The van der Waals surface area contributed by atoms with Gasteiger partial charge in [-0.3, -0.25) is 4.90 Å². The lowest BCUT2D eigenvalue weighted by Crippen LogP contribution is -2.45. The number of nitrogens with zero attached hydrogens (tertiary/aromatic N) is 1. The normalized spacial score (nSPS) is 28.8. The van der Waals surface area contributed by atoms with Gasteiger partial charge in [0.15, 0.2) is 0 Å². The first-order valence-corrected chi connectivity index (χ1v) is 7.91. The molecule has 0 bridgehead atoms. The third-order valence-electron chi connectivity index (χ3n) is 4.68. The Morgan fingerprint density at radius 1 is 1.22 bits per heavy atom. The van der Waals surface area contributed by atoms with Crippen molar-refractivity contribution >= 4 is 0 Å². The molecular weight excluding hydrogens is 225 g/mol. The SMILES string of the molecule is CCCCC(C(C)CC)N1CC(F)CC1C(C)C. The maximum atomic E-state index is 13.8. The van der Waals surface area contributed by atoms with E-state index in [0.29, 0.717) is 30.5 Å². The first kappa shape index (κ1) is 15.9. The van der Waals surface area contributed by atoms with E-state index in [1.54, 1.807) is 0 Å². The summed E-state index contributed by atoms with van der Waals surface area (Å²) < 4.78 is 13.8. The fourth-order valence-corrected chi connectivity index (χ4v) is 3.34. The van der Waals surface area contributed by atoms with Gasteiger partial charge in [0, 0.05) is 18.6 Å². The number of unbranched alkanes of at least 4 members (excludes halogenated alkanes) is 1. The Hall–Kier alpha value is -0.110. The standard InChI is InChI=1S/C16H32FN/c1-6-8-9-15(13(5)7-2)18-11-14(17)10-16(18)12(3)4/h12-16H,6-11H2,1-5H3. The van der Waals surface area contributed by atoms with Crippen molar-refractivity contribution < 1.29 is 4.39 Å².